The Hall–Kier alpha value is -7.56. The van der Waals surface area contributed by atoms with Crippen LogP contribution in [0.2, 0.25) is 0 Å². The third-order valence-electron chi connectivity index (χ3n) is 12.4. The highest BCUT2D eigenvalue weighted by Gasteiger charge is 2.50. The average molecular weight is 744 g/mol. The van der Waals surface area contributed by atoms with Crippen LogP contribution in [0.25, 0.3) is 60.7 Å². The fourth-order valence-electron chi connectivity index (χ4n) is 10.0. The highest BCUT2D eigenvalue weighted by molar-refractivity contribution is 6.16. The molecule has 0 fully saturated rings. The van der Waals surface area contributed by atoms with Gasteiger partial charge < -0.3 is 19.6 Å². The predicted octanol–water partition coefficient (Wildman–Crippen LogP) is 12.8. The first-order chi connectivity index (χ1) is 28.7. The molecule has 0 aliphatic carbocycles. The van der Waals surface area contributed by atoms with E-state index in [-0.39, 0.29) is 0 Å². The van der Waals surface area contributed by atoms with Gasteiger partial charge in [-0.25, -0.2) is 0 Å². The monoisotopic (exact) mass is 743 g/mol. The number of hydrogen-bond acceptors (Lipinski definition) is 2. The molecular weight excluding hydrogens is 707 g/mol. The number of aromatic nitrogens is 2. The van der Waals surface area contributed by atoms with E-state index in [2.05, 4.69) is 191 Å². The van der Waals surface area contributed by atoms with Crippen LogP contribution in [0.1, 0.15) is 33.4 Å². The zero-order valence-electron chi connectivity index (χ0n) is 31.6. The van der Waals surface area contributed by atoms with Gasteiger partial charge in [-0.05, 0) is 65.1 Å². The summed E-state index contributed by atoms with van der Waals surface area (Å²) in [7, 11) is 0. The number of allylic oxidation sites excluding steroid dienone is 3. The van der Waals surface area contributed by atoms with E-state index in [0.29, 0.717) is 5.70 Å². The van der Waals surface area contributed by atoms with Crippen LogP contribution in [0.5, 0.6) is 11.5 Å². The van der Waals surface area contributed by atoms with E-state index in [4.69, 9.17) is 10.5 Å². The molecule has 1 atom stereocenters. The van der Waals surface area contributed by atoms with E-state index < -0.39 is 5.41 Å². The van der Waals surface area contributed by atoms with E-state index in [1.807, 2.05) is 18.2 Å². The van der Waals surface area contributed by atoms with E-state index in [1.54, 1.807) is 0 Å². The fourth-order valence-corrected chi connectivity index (χ4v) is 10.0. The molecule has 2 aromatic heterocycles. The lowest BCUT2D eigenvalue weighted by molar-refractivity contribution is 0.439. The Bertz CT molecular complexity index is 3350. The molecule has 0 saturated carbocycles. The summed E-state index contributed by atoms with van der Waals surface area (Å²) >= 11 is 0. The summed E-state index contributed by atoms with van der Waals surface area (Å²) in [6.07, 6.45) is 5.17. The third-order valence-corrected chi connectivity index (χ3v) is 12.4. The Labute approximate surface area is 336 Å². The highest BCUT2D eigenvalue weighted by Crippen LogP contribution is 2.62. The van der Waals surface area contributed by atoms with Gasteiger partial charge in [-0.3, -0.25) is 0 Å². The van der Waals surface area contributed by atoms with Gasteiger partial charge in [0.1, 0.15) is 11.5 Å². The number of hydrogen-bond donors (Lipinski definition) is 1. The first-order valence-electron chi connectivity index (χ1n) is 20.0. The van der Waals surface area contributed by atoms with Crippen molar-refractivity contribution in [1.82, 2.24) is 9.13 Å². The van der Waals surface area contributed by atoms with Crippen LogP contribution in [0.4, 0.5) is 0 Å². The molecule has 58 heavy (non-hydrogen) atoms. The Morgan fingerprint density at radius 1 is 0.534 bits per heavy atom. The summed E-state index contributed by atoms with van der Waals surface area (Å²) in [6.45, 7) is 0. The van der Waals surface area contributed by atoms with Crippen LogP contribution in [-0.2, 0) is 11.8 Å². The molecule has 8 aromatic carbocycles. The van der Waals surface area contributed by atoms with E-state index in [1.165, 1.54) is 44.2 Å². The SMILES string of the molecule is N/C(=C\C(=C/Cc1ccccc1)n1c2ccccc2c2c3c(ccc21)C1(c2ccccc2O3)c2ccccc2-n2c3ccccc3c3cccc1c32)c1ccccc1. The van der Waals surface area contributed by atoms with Gasteiger partial charge in [-0.1, -0.05) is 164 Å². The summed E-state index contributed by atoms with van der Waals surface area (Å²) < 4.78 is 12.1. The molecule has 0 saturated heterocycles. The first kappa shape index (κ1) is 32.7. The molecule has 0 bridgehead atoms. The minimum Gasteiger partial charge on any atom is -0.456 e. The lowest BCUT2D eigenvalue weighted by Crippen LogP contribution is -2.37. The Morgan fingerprint density at radius 2 is 1.19 bits per heavy atom. The van der Waals surface area contributed by atoms with Crippen LogP contribution in [0.3, 0.4) is 0 Å². The molecule has 10 aromatic rings. The maximum Gasteiger partial charge on any atom is 0.142 e. The van der Waals surface area contributed by atoms with Crippen molar-refractivity contribution in [3.8, 4) is 17.2 Å². The van der Waals surface area contributed by atoms with Crippen LogP contribution in [0.15, 0.2) is 200 Å². The molecule has 4 nitrogen and oxygen atoms in total. The van der Waals surface area contributed by atoms with Gasteiger partial charge in [0.25, 0.3) is 0 Å². The van der Waals surface area contributed by atoms with Gasteiger partial charge in [0.05, 0.1) is 38.6 Å². The number of para-hydroxylation sites is 5. The molecule has 2 aliphatic rings. The number of nitrogens with zero attached hydrogens (tertiary/aromatic N) is 2. The van der Waals surface area contributed by atoms with Crippen LogP contribution in [0, 0.1) is 0 Å². The summed E-state index contributed by atoms with van der Waals surface area (Å²) in [5.41, 5.74) is 20.7. The second-order valence-corrected chi connectivity index (χ2v) is 15.4. The number of ether oxygens (including phenoxy) is 1. The standard InChI is InChI=1S/C54H37N3O/c55-45(36-18-5-2-6-19-36)34-37(31-30-35-16-3-1-4-17-35)56-47-27-12-8-21-40(47)51-49(56)33-32-44-53(51)58-50-29-14-10-24-42(50)54(44)41-23-9-13-28-48(41)57-46-26-11-7-20-38(46)39-22-15-25-43(54)52(39)57/h1-29,31-34H,30,55H2/b37-31+,45-34-. The molecular formula is C54H37N3O. The number of rotatable bonds is 5. The molecule has 4 heterocycles. The second kappa shape index (κ2) is 12.5. The van der Waals surface area contributed by atoms with Gasteiger partial charge in [-0.15, -0.1) is 0 Å². The number of nitrogens with two attached hydrogens (primary N) is 1. The van der Waals surface area contributed by atoms with E-state index in [0.717, 1.165) is 62.1 Å². The molecule has 1 unspecified atom stereocenters. The van der Waals surface area contributed by atoms with Gasteiger partial charge in [0, 0.05) is 38.7 Å². The molecule has 4 heteroatoms. The van der Waals surface area contributed by atoms with Crippen molar-refractivity contribution < 1.29 is 4.74 Å². The largest absolute Gasteiger partial charge is 0.456 e. The Kier molecular flexibility index (Phi) is 7.02. The van der Waals surface area contributed by atoms with Crippen molar-refractivity contribution in [2.24, 2.45) is 5.73 Å². The van der Waals surface area contributed by atoms with Crippen LogP contribution >= 0.6 is 0 Å². The molecule has 2 aliphatic heterocycles. The quantitative estimate of drug-likeness (QED) is 0.178. The van der Waals surface area contributed by atoms with E-state index >= 15 is 0 Å². The average Bonchev–Trinajstić information content (AvgIpc) is 3.81. The fraction of sp³-hybridized carbons (Fsp3) is 0.0370. The van der Waals surface area contributed by atoms with Crippen LogP contribution in [-0.4, -0.2) is 9.13 Å². The molecule has 274 valence electrons. The van der Waals surface area contributed by atoms with Gasteiger partial charge >= 0.3 is 0 Å². The van der Waals surface area contributed by atoms with Crippen molar-refractivity contribution in [2.75, 3.05) is 0 Å². The zero-order valence-corrected chi connectivity index (χ0v) is 31.6. The maximum atomic E-state index is 7.28. The van der Waals surface area contributed by atoms with Gasteiger partial charge in [0.2, 0.25) is 0 Å². The minimum atomic E-state index is -0.661. The summed E-state index contributed by atoms with van der Waals surface area (Å²) in [5, 5.41) is 4.71. The van der Waals surface area contributed by atoms with Crippen molar-refractivity contribution in [3.05, 3.63) is 234 Å². The van der Waals surface area contributed by atoms with Gasteiger partial charge in [0.15, 0.2) is 0 Å². The predicted molar refractivity (Wildman–Crippen MR) is 239 cm³/mol. The first-order valence-corrected chi connectivity index (χ1v) is 20.0. The second-order valence-electron chi connectivity index (χ2n) is 15.4. The molecule has 0 radical (unpaired) electrons. The zero-order chi connectivity index (χ0) is 38.4. The minimum absolute atomic E-state index is 0.661. The smallest absolute Gasteiger partial charge is 0.142 e. The normalized spacial score (nSPS) is 15.8. The maximum absolute atomic E-state index is 7.28. The third kappa shape index (κ3) is 4.45. The molecule has 2 N–H and O–H groups in total. The van der Waals surface area contributed by atoms with Crippen molar-refractivity contribution in [1.29, 1.82) is 0 Å². The Morgan fingerprint density at radius 3 is 2.03 bits per heavy atom. The Balaban J connectivity index is 1.20. The summed E-state index contributed by atoms with van der Waals surface area (Å²) in [5.74, 6) is 1.74. The van der Waals surface area contributed by atoms with Gasteiger partial charge in [-0.2, -0.15) is 0 Å². The topological polar surface area (TPSA) is 45.1 Å². The summed E-state index contributed by atoms with van der Waals surface area (Å²) in [6, 6.07) is 67.4. The lowest BCUT2D eigenvalue weighted by atomic mass is 9.61. The van der Waals surface area contributed by atoms with Crippen molar-refractivity contribution in [2.45, 2.75) is 11.8 Å². The van der Waals surface area contributed by atoms with E-state index in [9.17, 15) is 0 Å². The number of fused-ring (bicyclic) bond motifs is 15. The molecule has 0 amide bonds. The summed E-state index contributed by atoms with van der Waals surface area (Å²) in [4.78, 5) is 0. The highest BCUT2D eigenvalue weighted by atomic mass is 16.5. The lowest BCUT2D eigenvalue weighted by Gasteiger charge is -2.45. The van der Waals surface area contributed by atoms with Crippen molar-refractivity contribution in [3.63, 3.8) is 0 Å². The number of benzene rings is 8. The molecule has 1 spiro atoms. The van der Waals surface area contributed by atoms with Crippen LogP contribution < -0.4 is 10.5 Å². The van der Waals surface area contributed by atoms with Crippen molar-refractivity contribution >= 4 is 55.0 Å². The molecule has 12 rings (SSSR count).